The Bertz CT molecular complexity index is 1080. The first kappa shape index (κ1) is 60.8. The van der Waals surface area contributed by atoms with Crippen LogP contribution in [-0.2, 0) is 14.3 Å². The van der Waals surface area contributed by atoms with E-state index < -0.39 is 18.2 Å². The third-order valence-corrected chi connectivity index (χ3v) is 12.5. The van der Waals surface area contributed by atoms with E-state index >= 15 is 0 Å². The van der Waals surface area contributed by atoms with Crippen molar-refractivity contribution in [1.29, 1.82) is 0 Å². The van der Waals surface area contributed by atoms with Gasteiger partial charge in [-0.25, -0.2) is 0 Å². The maximum absolute atomic E-state index is 13.2. The van der Waals surface area contributed by atoms with Crippen LogP contribution in [0.2, 0.25) is 0 Å². The molecule has 0 aliphatic rings. The Morgan fingerprint density at radius 1 is 0.460 bits per heavy atom. The zero-order valence-corrected chi connectivity index (χ0v) is 42.0. The van der Waals surface area contributed by atoms with E-state index in [-0.39, 0.29) is 24.9 Å². The quantitative estimate of drug-likeness (QED) is 0.0321. The molecule has 0 saturated heterocycles. The zero-order chi connectivity index (χ0) is 45.9. The van der Waals surface area contributed by atoms with Gasteiger partial charge in [-0.3, -0.25) is 9.59 Å². The molecule has 0 aromatic rings. The van der Waals surface area contributed by atoms with E-state index in [2.05, 4.69) is 74.7 Å². The number of ether oxygens (including phenoxy) is 1. The molecule has 0 aromatic heterocycles. The maximum Gasteiger partial charge on any atom is 0.306 e. The predicted octanol–water partition coefficient (Wildman–Crippen LogP) is 16.6. The summed E-state index contributed by atoms with van der Waals surface area (Å²) >= 11 is 0. The highest BCUT2D eigenvalue weighted by Crippen LogP contribution is 2.18. The van der Waals surface area contributed by atoms with Gasteiger partial charge in [0.25, 0.3) is 0 Å². The van der Waals surface area contributed by atoms with Crippen molar-refractivity contribution in [3.05, 3.63) is 48.6 Å². The molecule has 0 bridgehead atoms. The van der Waals surface area contributed by atoms with Gasteiger partial charge in [0.2, 0.25) is 5.91 Å². The van der Waals surface area contributed by atoms with E-state index in [0.717, 1.165) is 70.6 Å². The van der Waals surface area contributed by atoms with Crippen molar-refractivity contribution in [1.82, 2.24) is 5.32 Å². The Hall–Kier alpha value is -2.18. The Morgan fingerprint density at radius 2 is 0.810 bits per heavy atom. The Kier molecular flexibility index (Phi) is 49.1. The normalized spacial score (nSPS) is 13.5. The number of amides is 1. The molecular formula is C57H105NO5. The highest BCUT2D eigenvalue weighted by atomic mass is 16.5. The van der Waals surface area contributed by atoms with Gasteiger partial charge in [-0.05, 0) is 51.4 Å². The van der Waals surface area contributed by atoms with Crippen LogP contribution in [0.1, 0.15) is 278 Å². The van der Waals surface area contributed by atoms with Gasteiger partial charge in [-0.1, -0.05) is 262 Å². The number of rotatable bonds is 49. The lowest BCUT2D eigenvalue weighted by Gasteiger charge is -2.24. The summed E-state index contributed by atoms with van der Waals surface area (Å²) in [6, 6.07) is -0.705. The summed E-state index contributed by atoms with van der Waals surface area (Å²) in [6.07, 6.45) is 61.7. The van der Waals surface area contributed by atoms with Crippen molar-refractivity contribution in [2.24, 2.45) is 0 Å². The second-order valence-electron chi connectivity index (χ2n) is 18.7. The first-order valence-electron chi connectivity index (χ1n) is 27.4. The number of unbranched alkanes of at least 4 members (excludes halogenated alkanes) is 32. The fourth-order valence-corrected chi connectivity index (χ4v) is 8.33. The van der Waals surface area contributed by atoms with E-state index in [1.165, 1.54) is 161 Å². The molecule has 63 heavy (non-hydrogen) atoms. The fraction of sp³-hybridized carbons (Fsp3) is 0.825. The van der Waals surface area contributed by atoms with Gasteiger partial charge in [0.1, 0.15) is 6.10 Å². The van der Waals surface area contributed by atoms with Crippen LogP contribution < -0.4 is 5.32 Å². The minimum atomic E-state index is -0.791. The van der Waals surface area contributed by atoms with Crippen LogP contribution >= 0.6 is 0 Å². The fourth-order valence-electron chi connectivity index (χ4n) is 8.33. The summed E-state index contributed by atoms with van der Waals surface area (Å²) in [5.41, 5.74) is 0. The number of allylic oxidation sites excluding steroid dienone is 8. The Morgan fingerprint density at radius 3 is 1.25 bits per heavy atom. The van der Waals surface area contributed by atoms with E-state index in [1.807, 2.05) is 0 Å². The standard InChI is InChI=1S/C57H105NO5/c1-4-7-10-13-16-19-22-24-26-28-29-31-33-35-38-41-44-47-50-57(62)63-53(48-45-42-39-36-21-18-15-12-9-6-3)51-56(61)58-54(52-59)55(60)49-46-43-40-37-34-32-30-27-25-23-20-17-14-11-8-5-2/h16,19,22,24,26,28-29,31,53-55,59-60H,4-15,17-18,20-21,23,25,27,30,32-52H2,1-3H3,(H,58,61)/b19-16+,24-22+,28-26+,31-29+. The molecule has 0 saturated carbocycles. The monoisotopic (exact) mass is 884 g/mol. The van der Waals surface area contributed by atoms with Gasteiger partial charge < -0.3 is 20.3 Å². The zero-order valence-electron chi connectivity index (χ0n) is 42.0. The average Bonchev–Trinajstić information content (AvgIpc) is 3.28. The summed E-state index contributed by atoms with van der Waals surface area (Å²) in [5, 5.41) is 23.8. The first-order valence-corrected chi connectivity index (χ1v) is 27.4. The van der Waals surface area contributed by atoms with Crippen molar-refractivity contribution >= 4 is 11.9 Å². The minimum absolute atomic E-state index is 0.0700. The van der Waals surface area contributed by atoms with Gasteiger partial charge >= 0.3 is 5.97 Å². The molecule has 0 fully saturated rings. The van der Waals surface area contributed by atoms with E-state index in [9.17, 15) is 19.8 Å². The van der Waals surface area contributed by atoms with Gasteiger partial charge in [0, 0.05) is 6.42 Å². The van der Waals surface area contributed by atoms with Crippen molar-refractivity contribution in [2.75, 3.05) is 6.61 Å². The third kappa shape index (κ3) is 46.2. The van der Waals surface area contributed by atoms with Crippen LogP contribution in [0, 0.1) is 0 Å². The SMILES string of the molecule is CCCCC/C=C/C=C/C=C/C=C/CCCCCCCC(=O)OC(CCCCCCCCCCCC)CC(=O)NC(CO)C(O)CCCCCCCCCCCCCCCCCC. The van der Waals surface area contributed by atoms with Crippen molar-refractivity contribution < 1.29 is 24.5 Å². The lowest BCUT2D eigenvalue weighted by Crippen LogP contribution is -2.46. The molecular weight excluding hydrogens is 779 g/mol. The number of aliphatic hydroxyl groups excluding tert-OH is 2. The highest BCUT2D eigenvalue weighted by Gasteiger charge is 2.24. The number of carbonyl (C=O) groups excluding carboxylic acids is 2. The molecule has 3 N–H and O–H groups in total. The maximum atomic E-state index is 13.2. The van der Waals surface area contributed by atoms with Gasteiger partial charge in [0.05, 0.1) is 25.2 Å². The summed E-state index contributed by atoms with van der Waals surface area (Å²) in [7, 11) is 0. The summed E-state index contributed by atoms with van der Waals surface area (Å²) in [5.74, 6) is -0.492. The van der Waals surface area contributed by atoms with Gasteiger partial charge in [-0.15, -0.1) is 0 Å². The Balaban J connectivity index is 4.49. The largest absolute Gasteiger partial charge is 0.462 e. The number of esters is 1. The molecule has 0 spiro atoms. The number of hydrogen-bond donors (Lipinski definition) is 3. The number of nitrogens with one attached hydrogen (secondary N) is 1. The number of hydrogen-bond acceptors (Lipinski definition) is 5. The highest BCUT2D eigenvalue weighted by molar-refractivity contribution is 5.77. The lowest BCUT2D eigenvalue weighted by atomic mass is 10.0. The van der Waals surface area contributed by atoms with Crippen molar-refractivity contribution in [2.45, 2.75) is 296 Å². The third-order valence-electron chi connectivity index (χ3n) is 12.5. The second-order valence-corrected chi connectivity index (χ2v) is 18.7. The van der Waals surface area contributed by atoms with Crippen LogP contribution in [0.5, 0.6) is 0 Å². The summed E-state index contributed by atoms with van der Waals surface area (Å²) < 4.78 is 5.93. The molecule has 6 nitrogen and oxygen atoms in total. The average molecular weight is 884 g/mol. The Labute approximate surface area is 391 Å². The van der Waals surface area contributed by atoms with E-state index in [4.69, 9.17) is 4.74 Å². The van der Waals surface area contributed by atoms with Gasteiger partial charge in [-0.2, -0.15) is 0 Å². The molecule has 0 radical (unpaired) electrons. The van der Waals surface area contributed by atoms with Crippen LogP contribution in [0.25, 0.3) is 0 Å². The lowest BCUT2D eigenvalue weighted by molar-refractivity contribution is -0.151. The molecule has 368 valence electrons. The van der Waals surface area contributed by atoms with Crippen LogP contribution in [-0.4, -0.2) is 46.9 Å². The van der Waals surface area contributed by atoms with Crippen LogP contribution in [0.4, 0.5) is 0 Å². The minimum Gasteiger partial charge on any atom is -0.462 e. The smallest absolute Gasteiger partial charge is 0.306 e. The molecule has 0 aromatic carbocycles. The topological polar surface area (TPSA) is 95.9 Å². The van der Waals surface area contributed by atoms with Crippen molar-refractivity contribution in [3.8, 4) is 0 Å². The molecule has 0 rings (SSSR count). The molecule has 6 heteroatoms. The van der Waals surface area contributed by atoms with Gasteiger partial charge in [0.15, 0.2) is 0 Å². The van der Waals surface area contributed by atoms with Crippen LogP contribution in [0.3, 0.4) is 0 Å². The molecule has 0 heterocycles. The molecule has 1 amide bonds. The van der Waals surface area contributed by atoms with E-state index in [1.54, 1.807) is 0 Å². The van der Waals surface area contributed by atoms with Crippen molar-refractivity contribution in [3.63, 3.8) is 0 Å². The molecule has 3 atom stereocenters. The van der Waals surface area contributed by atoms with Crippen LogP contribution in [0.15, 0.2) is 48.6 Å². The molecule has 0 aliphatic heterocycles. The molecule has 0 aliphatic carbocycles. The number of carbonyl (C=O) groups is 2. The number of aliphatic hydroxyl groups is 2. The molecule has 3 unspecified atom stereocenters. The first-order chi connectivity index (χ1) is 31.0. The van der Waals surface area contributed by atoms with E-state index in [0.29, 0.717) is 19.3 Å². The predicted molar refractivity (Wildman–Crippen MR) is 273 cm³/mol. The summed E-state index contributed by atoms with van der Waals surface area (Å²) in [6.45, 7) is 6.45. The summed E-state index contributed by atoms with van der Waals surface area (Å²) in [4.78, 5) is 26.2. The second kappa shape index (κ2) is 50.8.